The molecule has 2 N–H and O–H groups in total. The van der Waals surface area contributed by atoms with Crippen molar-refractivity contribution in [1.29, 1.82) is 0 Å². The molecule has 29 nitrogen and oxygen atoms in total. The molecular weight excluding hydrogens is 1350 g/mol. The van der Waals surface area contributed by atoms with Crippen LogP contribution in [0.2, 0.25) is 0 Å². The largest absolute Gasteiger partial charge is 0.493 e. The molecule has 3 aromatic rings. The third-order valence-corrected chi connectivity index (χ3v) is 17.9. The van der Waals surface area contributed by atoms with Crippen LogP contribution in [0.3, 0.4) is 0 Å². The molecule has 0 spiro atoms. The summed E-state index contributed by atoms with van der Waals surface area (Å²) in [4.78, 5) is 115. The van der Waals surface area contributed by atoms with Gasteiger partial charge in [0, 0.05) is 83.1 Å². The lowest BCUT2D eigenvalue weighted by atomic mass is 10.1. The Kier molecular flexibility index (Phi) is 26.9. The maximum Gasteiger partial charge on any atom is 0.417 e. The van der Waals surface area contributed by atoms with Gasteiger partial charge in [0.2, 0.25) is 11.8 Å². The lowest BCUT2D eigenvalue weighted by Crippen LogP contribution is -2.54. The van der Waals surface area contributed by atoms with Crippen LogP contribution in [-0.4, -0.2) is 217 Å². The van der Waals surface area contributed by atoms with Crippen LogP contribution < -0.4 is 39.4 Å². The van der Waals surface area contributed by atoms with Crippen molar-refractivity contribution in [3.8, 4) is 23.0 Å². The highest BCUT2D eigenvalue weighted by atomic mass is 16.7. The van der Waals surface area contributed by atoms with Crippen LogP contribution in [0, 0.1) is 0 Å². The molecule has 8 amide bonds. The summed E-state index contributed by atoms with van der Waals surface area (Å²) >= 11 is 0. The number of nitrogens with zero attached hydrogens (tertiary/aromatic N) is 5. The zero-order chi connectivity index (χ0) is 74.2. The molecule has 7 aliphatic heterocycles. The fourth-order valence-electron chi connectivity index (χ4n) is 13.1. The molecule has 4 saturated heterocycles. The van der Waals surface area contributed by atoms with E-state index in [1.54, 1.807) is 75.6 Å². The molecule has 0 aromatic heterocycles. The van der Waals surface area contributed by atoms with Crippen molar-refractivity contribution in [2.45, 2.75) is 174 Å². The van der Waals surface area contributed by atoms with E-state index in [1.165, 1.54) is 36.2 Å². The van der Waals surface area contributed by atoms with Crippen molar-refractivity contribution in [2.75, 3.05) is 116 Å². The second-order valence-corrected chi connectivity index (χ2v) is 28.3. The Labute approximate surface area is 606 Å². The molecule has 6 atom stereocenters. The van der Waals surface area contributed by atoms with E-state index in [1.807, 2.05) is 18.2 Å². The van der Waals surface area contributed by atoms with Gasteiger partial charge in [-0.2, -0.15) is 0 Å². The predicted octanol–water partition coefficient (Wildman–Crippen LogP) is 8.16. The number of nitrogens with one attached hydrogen (secondary N) is 2. The van der Waals surface area contributed by atoms with Gasteiger partial charge >= 0.3 is 12.2 Å². The first kappa shape index (κ1) is 77.9. The summed E-state index contributed by atoms with van der Waals surface area (Å²) in [6.07, 6.45) is 2.69. The van der Waals surface area contributed by atoms with Gasteiger partial charge in [0.05, 0.1) is 102 Å². The lowest BCUT2D eigenvalue weighted by molar-refractivity contribution is -0.196. The van der Waals surface area contributed by atoms with Crippen molar-refractivity contribution < 1.29 is 105 Å². The van der Waals surface area contributed by atoms with Crippen LogP contribution >= 0.6 is 0 Å². The van der Waals surface area contributed by atoms with Crippen LogP contribution in [0.5, 0.6) is 23.0 Å². The average molecular weight is 1450 g/mol. The zero-order valence-electron chi connectivity index (χ0n) is 60.9. The van der Waals surface area contributed by atoms with Crippen LogP contribution in [-0.2, 0) is 86.3 Å². The second kappa shape index (κ2) is 35.9. The Bertz CT molecular complexity index is 3450. The molecule has 0 aliphatic carbocycles. The number of carbonyl (C=O) groups excluding carboxylic acids is 8. The van der Waals surface area contributed by atoms with E-state index >= 15 is 0 Å². The minimum atomic E-state index is -1.06. The first-order chi connectivity index (χ1) is 49.8. The minimum absolute atomic E-state index is 0.00486. The topological polar surface area (TPSA) is 306 Å². The number of fused-ring (bicyclic) bond motifs is 4. The molecule has 10 rings (SSSR count). The Hall–Kier alpha value is -8.68. The Morgan fingerprint density at radius 1 is 0.529 bits per heavy atom. The van der Waals surface area contributed by atoms with Gasteiger partial charge in [0.15, 0.2) is 48.0 Å². The average Bonchev–Trinajstić information content (AvgIpc) is 1.67. The smallest absolute Gasteiger partial charge is 0.417 e. The van der Waals surface area contributed by atoms with E-state index in [2.05, 4.69) is 23.8 Å². The number of ether oxygens (including phenoxy) is 14. The number of benzene rings is 3. The van der Waals surface area contributed by atoms with Crippen molar-refractivity contribution in [1.82, 2.24) is 25.3 Å². The molecular formula is C75H99N7O22. The summed E-state index contributed by atoms with van der Waals surface area (Å²) in [7, 11) is 2.91. The highest BCUT2D eigenvalue weighted by molar-refractivity contribution is 6.13. The van der Waals surface area contributed by atoms with Gasteiger partial charge in [0.1, 0.15) is 24.4 Å². The highest BCUT2D eigenvalue weighted by Gasteiger charge is 2.51. The second-order valence-electron chi connectivity index (χ2n) is 28.3. The fourth-order valence-corrected chi connectivity index (χ4v) is 13.1. The quantitative estimate of drug-likeness (QED) is 0.0338. The lowest BCUT2D eigenvalue weighted by Gasteiger charge is -2.39. The monoisotopic (exact) mass is 1450 g/mol. The molecule has 2 unspecified atom stereocenters. The van der Waals surface area contributed by atoms with Crippen molar-refractivity contribution >= 4 is 59.0 Å². The number of rotatable bonds is 32. The number of carbonyl (C=O) groups is 8. The van der Waals surface area contributed by atoms with Gasteiger partial charge in [-0.15, -0.1) is 0 Å². The van der Waals surface area contributed by atoms with Crippen molar-refractivity contribution in [3.63, 3.8) is 0 Å². The van der Waals surface area contributed by atoms with Crippen LogP contribution in [0.25, 0.3) is 0 Å². The molecule has 4 fully saturated rings. The minimum Gasteiger partial charge on any atom is -0.493 e. The molecule has 29 heteroatoms. The van der Waals surface area contributed by atoms with Crippen LogP contribution in [0.15, 0.2) is 78.9 Å². The molecule has 7 aliphatic rings. The highest BCUT2D eigenvalue weighted by Crippen LogP contribution is 2.46. The number of methoxy groups -OCH3 is 2. The standard InChI is InChI=1S/C75H99N7O22/c1-47-33-56-70(101-66-15-11-13-23-97-66)81(72(89)103-74(3,4)5)54-40-60(58(91-9)38-52(54)68(87)79(56)43-47)99-45-50-35-49(42-77-63(84)20-25-93-27-29-95-31-32-96-30-28-94-26-21-76-62(83)19-22-78-64(85)17-18-65(78)86)36-51(37-50)46-100-61-41-55-53(39-59(61)92-10)69(88)80-44-48(2)34-57(80)71(102-67-16-12-14-24-98-67)82(55)73(90)104-75(6,7)8/h17-18,35-41,56-57,66-67,70-71H,1-2,11-16,19-34,42-46H2,3-10H3,(H,76,83)(H,77,84)/t56-,57-,66?,67?,70-,71-/m0/s1. The Morgan fingerprint density at radius 2 is 0.962 bits per heavy atom. The predicted molar refractivity (Wildman–Crippen MR) is 376 cm³/mol. The molecule has 7 heterocycles. The fraction of sp³-hybridized carbons (Fsp3) is 0.573. The third-order valence-electron chi connectivity index (χ3n) is 17.9. The van der Waals surface area contributed by atoms with Gasteiger partial charge < -0.3 is 86.7 Å². The van der Waals surface area contributed by atoms with Gasteiger partial charge in [0.25, 0.3) is 23.6 Å². The van der Waals surface area contributed by atoms with E-state index < -0.39 is 72.3 Å². The van der Waals surface area contributed by atoms with Gasteiger partial charge in [-0.25, -0.2) is 19.4 Å². The number of hydrogen-bond donors (Lipinski definition) is 2. The summed E-state index contributed by atoms with van der Waals surface area (Å²) < 4.78 is 85.6. The van der Waals surface area contributed by atoms with Crippen LogP contribution in [0.4, 0.5) is 21.0 Å². The Morgan fingerprint density at radius 3 is 1.39 bits per heavy atom. The number of anilines is 2. The van der Waals surface area contributed by atoms with Gasteiger partial charge in [-0.05, 0) is 128 Å². The summed E-state index contributed by atoms with van der Waals surface area (Å²) in [6, 6.07) is 10.6. The van der Waals surface area contributed by atoms with E-state index in [9.17, 15) is 38.4 Å². The number of amides is 8. The van der Waals surface area contributed by atoms with E-state index in [-0.39, 0.29) is 154 Å². The molecule has 3 aromatic carbocycles. The maximum absolute atomic E-state index is 14.8. The van der Waals surface area contributed by atoms with E-state index in [4.69, 9.17) is 66.3 Å². The first-order valence-electron chi connectivity index (χ1n) is 35.6. The van der Waals surface area contributed by atoms with E-state index in [0.29, 0.717) is 82.0 Å². The number of imide groups is 1. The molecule has 0 saturated carbocycles. The molecule has 0 radical (unpaired) electrons. The number of hydrogen-bond acceptors (Lipinski definition) is 22. The van der Waals surface area contributed by atoms with Crippen LogP contribution in [0.1, 0.15) is 143 Å². The molecule has 0 bridgehead atoms. The summed E-state index contributed by atoms with van der Waals surface area (Å²) in [5, 5.41) is 5.69. The zero-order valence-corrected chi connectivity index (χ0v) is 60.9. The third kappa shape index (κ3) is 20.6. The normalized spacial score (nSPS) is 21.1. The first-order valence-corrected chi connectivity index (χ1v) is 35.6. The van der Waals surface area contributed by atoms with Gasteiger partial charge in [-0.1, -0.05) is 36.4 Å². The summed E-state index contributed by atoms with van der Waals surface area (Å²) in [6.45, 7) is 22.6. The van der Waals surface area contributed by atoms with Gasteiger partial charge in [-0.3, -0.25) is 33.7 Å². The summed E-state index contributed by atoms with van der Waals surface area (Å²) in [5.74, 6) is -1.47. The molecule has 104 heavy (non-hydrogen) atoms. The maximum atomic E-state index is 14.8. The van der Waals surface area contributed by atoms with Crippen molar-refractivity contribution in [3.05, 3.63) is 107 Å². The van der Waals surface area contributed by atoms with E-state index in [0.717, 1.165) is 41.7 Å². The molecule has 566 valence electrons. The van der Waals surface area contributed by atoms with Crippen molar-refractivity contribution in [2.24, 2.45) is 0 Å². The summed E-state index contributed by atoms with van der Waals surface area (Å²) in [5.41, 5.74) is 2.19. The Balaban J connectivity index is 0.840. The SMILES string of the molecule is C=C1C[C@H]2[C@H](OC3CCCCO3)N(C(=O)OC(C)(C)C)c3cc(OCc4cc(CNC(=O)CCOCCOCCOCCOCCNC(=O)CCN5C(=O)C=CC5=O)cc(COc5cc6c(cc5OC)C(=O)N5CC(=C)C[C@H]5[C@H](OC5CCCCO5)N6C(=O)OC(C)(C)C)c4)c(OC)cc3C(=O)N2C1.